The fraction of sp³-hybridized carbons (Fsp3) is 0.143. The van der Waals surface area contributed by atoms with E-state index in [4.69, 9.17) is 4.74 Å². The fourth-order valence-corrected chi connectivity index (χ4v) is 2.88. The van der Waals surface area contributed by atoms with Gasteiger partial charge >= 0.3 is 0 Å². The van der Waals surface area contributed by atoms with E-state index in [0.29, 0.717) is 11.3 Å². The first-order valence-electron chi connectivity index (χ1n) is 8.32. The standard InChI is InChI=1S/C21H21N3O2/c1-15-12-18(16(2)24(15)19-9-5-4-6-10-19)14-22-23-21(25)17-8-7-11-20(13-17)26-3/h4-14H,1-3H3,(H,23,25)/b22-14+. The molecule has 3 rings (SSSR count). The molecule has 0 saturated carbocycles. The summed E-state index contributed by atoms with van der Waals surface area (Å²) in [6.45, 7) is 4.08. The molecule has 0 aliphatic heterocycles. The number of aryl methyl sites for hydroxylation is 1. The molecule has 0 atom stereocenters. The highest BCUT2D eigenvalue weighted by atomic mass is 16.5. The van der Waals surface area contributed by atoms with E-state index < -0.39 is 0 Å². The maximum atomic E-state index is 12.2. The first-order chi connectivity index (χ1) is 12.6. The quantitative estimate of drug-likeness (QED) is 0.563. The van der Waals surface area contributed by atoms with Gasteiger partial charge in [0.05, 0.1) is 13.3 Å². The van der Waals surface area contributed by atoms with Gasteiger partial charge in [-0.3, -0.25) is 4.79 Å². The van der Waals surface area contributed by atoms with Crippen LogP contribution in [0.25, 0.3) is 5.69 Å². The van der Waals surface area contributed by atoms with E-state index in [2.05, 4.69) is 27.2 Å². The summed E-state index contributed by atoms with van der Waals surface area (Å²) in [7, 11) is 1.57. The molecule has 0 saturated heterocycles. The maximum absolute atomic E-state index is 12.2. The molecule has 5 heteroatoms. The predicted octanol–water partition coefficient (Wildman–Crippen LogP) is 3.87. The van der Waals surface area contributed by atoms with Crippen molar-refractivity contribution in [3.8, 4) is 11.4 Å². The van der Waals surface area contributed by atoms with Gasteiger partial charge in [0.15, 0.2) is 0 Å². The predicted molar refractivity (Wildman–Crippen MR) is 103 cm³/mol. The van der Waals surface area contributed by atoms with Gasteiger partial charge in [0.1, 0.15) is 5.75 Å². The van der Waals surface area contributed by atoms with Crippen molar-refractivity contribution in [2.24, 2.45) is 5.10 Å². The second-order valence-corrected chi connectivity index (χ2v) is 5.93. The summed E-state index contributed by atoms with van der Waals surface area (Å²) >= 11 is 0. The van der Waals surface area contributed by atoms with Gasteiger partial charge in [-0.15, -0.1) is 0 Å². The SMILES string of the molecule is COc1cccc(C(=O)N/N=C/c2cc(C)n(-c3ccccc3)c2C)c1. The third-order valence-electron chi connectivity index (χ3n) is 4.19. The summed E-state index contributed by atoms with van der Waals surface area (Å²) in [6.07, 6.45) is 1.67. The lowest BCUT2D eigenvalue weighted by Crippen LogP contribution is -2.17. The number of benzene rings is 2. The van der Waals surface area contributed by atoms with Crippen LogP contribution in [0, 0.1) is 13.8 Å². The van der Waals surface area contributed by atoms with E-state index in [0.717, 1.165) is 22.6 Å². The topological polar surface area (TPSA) is 55.6 Å². The second kappa shape index (κ2) is 7.70. The first-order valence-corrected chi connectivity index (χ1v) is 8.32. The molecule has 0 spiro atoms. The average Bonchev–Trinajstić information content (AvgIpc) is 2.96. The second-order valence-electron chi connectivity index (χ2n) is 5.93. The zero-order chi connectivity index (χ0) is 18.5. The molecule has 2 aromatic carbocycles. The lowest BCUT2D eigenvalue weighted by atomic mass is 10.2. The number of carbonyl (C=O) groups excluding carboxylic acids is 1. The van der Waals surface area contributed by atoms with Crippen LogP contribution < -0.4 is 10.2 Å². The van der Waals surface area contributed by atoms with E-state index in [9.17, 15) is 4.79 Å². The van der Waals surface area contributed by atoms with Crippen LogP contribution in [0.4, 0.5) is 0 Å². The first kappa shape index (κ1) is 17.5. The van der Waals surface area contributed by atoms with Crippen LogP contribution in [0.15, 0.2) is 65.8 Å². The summed E-state index contributed by atoms with van der Waals surface area (Å²) in [6, 6.07) is 19.1. The van der Waals surface area contributed by atoms with Gasteiger partial charge < -0.3 is 9.30 Å². The maximum Gasteiger partial charge on any atom is 0.271 e. The summed E-state index contributed by atoms with van der Waals surface area (Å²) in [5.41, 5.74) is 7.28. The van der Waals surface area contributed by atoms with Crippen molar-refractivity contribution in [2.45, 2.75) is 13.8 Å². The molecular formula is C21H21N3O2. The molecule has 3 aromatic rings. The Kier molecular flexibility index (Phi) is 5.17. The number of methoxy groups -OCH3 is 1. The normalized spacial score (nSPS) is 10.9. The number of rotatable bonds is 5. The van der Waals surface area contributed by atoms with Crippen LogP contribution in [0.1, 0.15) is 27.3 Å². The lowest BCUT2D eigenvalue weighted by molar-refractivity contribution is 0.0955. The van der Waals surface area contributed by atoms with Crippen LogP contribution in [0.5, 0.6) is 5.75 Å². The molecule has 1 N–H and O–H groups in total. The Morgan fingerprint density at radius 2 is 1.85 bits per heavy atom. The number of hydrogen-bond donors (Lipinski definition) is 1. The van der Waals surface area contributed by atoms with Gasteiger partial charge in [-0.1, -0.05) is 24.3 Å². The largest absolute Gasteiger partial charge is 0.497 e. The summed E-state index contributed by atoms with van der Waals surface area (Å²) < 4.78 is 7.29. The average molecular weight is 347 g/mol. The Morgan fingerprint density at radius 3 is 2.58 bits per heavy atom. The van der Waals surface area contributed by atoms with Gasteiger partial charge in [-0.25, -0.2) is 5.43 Å². The molecule has 0 radical (unpaired) electrons. The number of hydrazone groups is 1. The molecule has 0 unspecified atom stereocenters. The Labute approximate surface area is 152 Å². The Hall–Kier alpha value is -3.34. The Morgan fingerprint density at radius 1 is 1.08 bits per heavy atom. The lowest BCUT2D eigenvalue weighted by Gasteiger charge is -2.09. The highest BCUT2D eigenvalue weighted by molar-refractivity contribution is 5.95. The van der Waals surface area contributed by atoms with Crippen molar-refractivity contribution in [1.82, 2.24) is 9.99 Å². The molecule has 1 amide bonds. The molecule has 0 fully saturated rings. The number of amides is 1. The van der Waals surface area contributed by atoms with Crippen molar-refractivity contribution in [3.05, 3.63) is 83.2 Å². The third-order valence-corrected chi connectivity index (χ3v) is 4.19. The number of ether oxygens (including phenoxy) is 1. The van der Waals surface area contributed by atoms with Gasteiger partial charge in [-0.2, -0.15) is 5.10 Å². The number of aromatic nitrogens is 1. The minimum absolute atomic E-state index is 0.281. The molecular weight excluding hydrogens is 326 g/mol. The Balaban J connectivity index is 1.76. The van der Waals surface area contributed by atoms with Crippen molar-refractivity contribution >= 4 is 12.1 Å². The summed E-state index contributed by atoms with van der Waals surface area (Å²) in [5, 5.41) is 4.10. The number of carbonyl (C=O) groups is 1. The molecule has 132 valence electrons. The van der Waals surface area contributed by atoms with E-state index in [1.54, 1.807) is 37.6 Å². The third kappa shape index (κ3) is 3.67. The zero-order valence-corrected chi connectivity index (χ0v) is 15.1. The molecule has 1 aromatic heterocycles. The van der Waals surface area contributed by atoms with Crippen molar-refractivity contribution in [1.29, 1.82) is 0 Å². The number of nitrogens with one attached hydrogen (secondary N) is 1. The van der Waals surface area contributed by atoms with E-state index >= 15 is 0 Å². The number of hydrogen-bond acceptors (Lipinski definition) is 3. The van der Waals surface area contributed by atoms with Crippen molar-refractivity contribution in [3.63, 3.8) is 0 Å². The minimum Gasteiger partial charge on any atom is -0.497 e. The molecule has 1 heterocycles. The van der Waals surface area contributed by atoms with Crippen LogP contribution in [-0.2, 0) is 0 Å². The van der Waals surface area contributed by atoms with E-state index in [1.165, 1.54) is 0 Å². The molecule has 5 nitrogen and oxygen atoms in total. The van der Waals surface area contributed by atoms with Crippen LogP contribution in [-0.4, -0.2) is 23.8 Å². The smallest absolute Gasteiger partial charge is 0.271 e. The number of nitrogens with zero attached hydrogens (tertiary/aromatic N) is 2. The summed E-state index contributed by atoms with van der Waals surface area (Å²) in [5.74, 6) is 0.352. The molecule has 0 aliphatic rings. The van der Waals surface area contributed by atoms with Crippen LogP contribution in [0.3, 0.4) is 0 Å². The molecule has 0 aliphatic carbocycles. The molecule has 26 heavy (non-hydrogen) atoms. The monoisotopic (exact) mass is 347 g/mol. The highest BCUT2D eigenvalue weighted by Crippen LogP contribution is 2.19. The zero-order valence-electron chi connectivity index (χ0n) is 15.1. The van der Waals surface area contributed by atoms with Gasteiger partial charge in [0.2, 0.25) is 0 Å². The van der Waals surface area contributed by atoms with Crippen LogP contribution in [0.2, 0.25) is 0 Å². The summed E-state index contributed by atoms with van der Waals surface area (Å²) in [4.78, 5) is 12.2. The highest BCUT2D eigenvalue weighted by Gasteiger charge is 2.09. The number of para-hydroxylation sites is 1. The van der Waals surface area contributed by atoms with Gasteiger partial charge in [0, 0.05) is 28.2 Å². The van der Waals surface area contributed by atoms with Gasteiger partial charge in [-0.05, 0) is 50.2 Å². The molecule has 0 bridgehead atoms. The van der Waals surface area contributed by atoms with E-state index in [1.807, 2.05) is 38.1 Å². The van der Waals surface area contributed by atoms with Gasteiger partial charge in [0.25, 0.3) is 5.91 Å². The fourth-order valence-electron chi connectivity index (χ4n) is 2.88. The Bertz CT molecular complexity index is 943. The minimum atomic E-state index is -0.281. The van der Waals surface area contributed by atoms with Crippen molar-refractivity contribution in [2.75, 3.05) is 7.11 Å². The van der Waals surface area contributed by atoms with Crippen LogP contribution >= 0.6 is 0 Å². The van der Waals surface area contributed by atoms with E-state index in [-0.39, 0.29) is 5.91 Å². The van der Waals surface area contributed by atoms with Crippen molar-refractivity contribution < 1.29 is 9.53 Å².